The zero-order valence-corrected chi connectivity index (χ0v) is 26.8. The number of fused-ring (bicyclic) bond motifs is 5. The van der Waals surface area contributed by atoms with Crippen molar-refractivity contribution >= 4 is 72.0 Å². The highest BCUT2D eigenvalue weighted by molar-refractivity contribution is 8.44. The molecule has 0 aliphatic carbocycles. The fourth-order valence-electron chi connectivity index (χ4n) is 5.42. The maximum absolute atomic E-state index is 16.0. The Labute approximate surface area is 268 Å². The van der Waals surface area contributed by atoms with Crippen molar-refractivity contribution < 1.29 is 45.9 Å². The van der Waals surface area contributed by atoms with E-state index in [0.717, 1.165) is 0 Å². The molecule has 1 unspecified atom stereocenters. The van der Waals surface area contributed by atoms with Crippen LogP contribution in [0.5, 0.6) is 0 Å². The minimum atomic E-state index is -4.33. The normalized spacial score (nSPS) is 35.5. The van der Waals surface area contributed by atoms with E-state index in [-0.39, 0.29) is 33.6 Å². The van der Waals surface area contributed by atoms with Gasteiger partial charge in [-0.05, 0) is 17.7 Å². The minimum Gasteiger partial charge on any atom is -0.382 e. The first-order chi connectivity index (χ1) is 21.8. The highest BCUT2D eigenvalue weighted by Gasteiger charge is 2.52. The maximum atomic E-state index is 16.0. The summed E-state index contributed by atoms with van der Waals surface area (Å²) in [5.74, 6) is -0.672. The van der Waals surface area contributed by atoms with Gasteiger partial charge < -0.3 is 20.9 Å². The number of primary amides is 1. The summed E-state index contributed by atoms with van der Waals surface area (Å²) < 4.78 is 80.1. The Morgan fingerprint density at radius 1 is 1.04 bits per heavy atom. The molecule has 0 radical (unpaired) electrons. The van der Waals surface area contributed by atoms with Crippen molar-refractivity contribution in [2.75, 3.05) is 18.9 Å². The number of thiol groups is 2. The molecular weight excluding hydrogens is 691 g/mol. The fourth-order valence-corrected chi connectivity index (χ4v) is 8.31. The SMILES string of the molecule is C=C1[C@H]2O[P@](=O)(S)OCC3O[C@@H](n4cnc5c(N)ncnc54)[C@H](F)[C@@H]3O[P@@](=O)(S)OC[C@H]1O[C@H]2n1nnc2c(C(N)=O)cccc21. The first-order valence-electron chi connectivity index (χ1n) is 13.4. The molecular formula is C23H24FN9O9P2S2. The number of carbonyl (C=O) groups is 1. The second-order valence-corrected chi connectivity index (χ2v) is 16.1. The highest BCUT2D eigenvalue weighted by atomic mass is 32.7. The Morgan fingerprint density at radius 3 is 2.59 bits per heavy atom. The molecule has 3 aliphatic heterocycles. The number of aromatic nitrogens is 7. The van der Waals surface area contributed by atoms with Gasteiger partial charge in [-0.2, -0.15) is 0 Å². The second kappa shape index (κ2) is 11.6. The number of halogens is 1. The lowest BCUT2D eigenvalue weighted by Gasteiger charge is -2.25. The summed E-state index contributed by atoms with van der Waals surface area (Å²) >= 11 is 8.19. The molecule has 18 nitrogen and oxygen atoms in total. The Morgan fingerprint density at radius 2 is 1.80 bits per heavy atom. The van der Waals surface area contributed by atoms with E-state index in [1.54, 1.807) is 12.1 Å². The van der Waals surface area contributed by atoms with Crippen molar-refractivity contribution in [3.63, 3.8) is 0 Å². The number of benzene rings is 1. The molecule has 0 spiro atoms. The summed E-state index contributed by atoms with van der Waals surface area (Å²) in [5, 5.41) is 8.15. The van der Waals surface area contributed by atoms with Crippen LogP contribution in [0.25, 0.3) is 22.2 Å². The van der Waals surface area contributed by atoms with Gasteiger partial charge in [-0.15, -0.1) is 5.10 Å². The molecule has 7 rings (SSSR count). The van der Waals surface area contributed by atoms with Gasteiger partial charge in [0.15, 0.2) is 30.1 Å². The number of rotatable bonds is 3. The molecule has 2 bridgehead atoms. The average molecular weight is 716 g/mol. The monoisotopic (exact) mass is 715 g/mol. The van der Waals surface area contributed by atoms with E-state index < -0.39 is 75.8 Å². The van der Waals surface area contributed by atoms with Crippen molar-refractivity contribution in [1.29, 1.82) is 0 Å². The highest BCUT2D eigenvalue weighted by Crippen LogP contribution is 2.60. The molecule has 1 amide bonds. The molecule has 3 aromatic heterocycles. The quantitative estimate of drug-likeness (QED) is 0.136. The summed E-state index contributed by atoms with van der Waals surface area (Å²) in [6, 6.07) is 4.64. The summed E-state index contributed by atoms with van der Waals surface area (Å²) in [6.07, 6.45) is -7.44. The number of carbonyl (C=O) groups excluding carboxylic acids is 1. The molecule has 3 aliphatic rings. The number of nitrogens with zero attached hydrogens (tertiary/aromatic N) is 7. The van der Waals surface area contributed by atoms with Crippen LogP contribution in [0, 0.1) is 0 Å². The average Bonchev–Trinajstić information content (AvgIpc) is 3.76. The molecule has 6 heterocycles. The van der Waals surface area contributed by atoms with Crippen LogP contribution in [0.1, 0.15) is 22.8 Å². The second-order valence-electron chi connectivity index (χ2n) is 10.4. The molecule has 3 saturated heterocycles. The minimum absolute atomic E-state index is 0.0599. The summed E-state index contributed by atoms with van der Waals surface area (Å²) in [4.78, 5) is 24.0. The topological polar surface area (TPSA) is 233 Å². The predicted octanol–water partition coefficient (Wildman–Crippen LogP) is 2.53. The molecule has 4 aromatic rings. The fraction of sp³-hybridized carbons (Fsp3) is 0.391. The zero-order valence-electron chi connectivity index (χ0n) is 23.2. The summed E-state index contributed by atoms with van der Waals surface area (Å²) in [7, 11) is 0. The van der Waals surface area contributed by atoms with Gasteiger partial charge in [0.1, 0.15) is 41.8 Å². The number of nitrogens with two attached hydrogens (primary N) is 2. The van der Waals surface area contributed by atoms with Crippen LogP contribution in [0.3, 0.4) is 0 Å². The van der Waals surface area contributed by atoms with Crippen molar-refractivity contribution in [3.05, 3.63) is 48.6 Å². The molecule has 1 aromatic carbocycles. The van der Waals surface area contributed by atoms with Crippen LogP contribution in [0.4, 0.5) is 10.2 Å². The van der Waals surface area contributed by atoms with E-state index in [1.807, 2.05) is 0 Å². The maximum Gasteiger partial charge on any atom is 0.386 e. The van der Waals surface area contributed by atoms with Crippen LogP contribution >= 0.6 is 38.1 Å². The van der Waals surface area contributed by atoms with Crippen LogP contribution < -0.4 is 11.5 Å². The standard InChI is InChI=1S/C23H24FN9O9P2S2/c1-9-12-5-37-44(36,46)42-18-13(40-22(14(18)24)32-8-29-16-19(25)27-7-28-21(16)32)6-38-43(35,45)41-17(9)23(39-12)33-11-4-2-3-10(20(26)34)15(11)30-31-33/h2-4,7-8,12-14,17-18,22-23H,1,5-6H2,(H2,26,34)(H,35,45)(H,36,46)(H2,25,27,28)/t12-,13?,14-,17-,18-,22-,23-,43-,44+/m1/s1. The number of ether oxygens (including phenoxy) is 2. The van der Waals surface area contributed by atoms with E-state index in [2.05, 4.69) is 56.3 Å². The molecule has 0 saturated carbocycles. The van der Waals surface area contributed by atoms with E-state index in [9.17, 15) is 13.9 Å². The molecule has 9 atom stereocenters. The Balaban J connectivity index is 1.20. The van der Waals surface area contributed by atoms with E-state index in [4.69, 9.17) is 39.0 Å². The number of anilines is 1. The largest absolute Gasteiger partial charge is 0.386 e. The third-order valence-electron chi connectivity index (χ3n) is 7.57. The Kier molecular flexibility index (Phi) is 7.99. The van der Waals surface area contributed by atoms with Crippen LogP contribution in [-0.4, -0.2) is 84.2 Å². The summed E-state index contributed by atoms with van der Waals surface area (Å²) in [5.41, 5.74) is 12.5. The smallest absolute Gasteiger partial charge is 0.382 e. The van der Waals surface area contributed by atoms with Gasteiger partial charge in [0.2, 0.25) is 0 Å². The van der Waals surface area contributed by atoms with E-state index in [0.29, 0.717) is 5.52 Å². The number of hydrogen-bond acceptors (Lipinski definition) is 15. The number of imidazole rings is 1. The first-order valence-corrected chi connectivity index (χ1v) is 18.7. The van der Waals surface area contributed by atoms with Gasteiger partial charge in [0.25, 0.3) is 5.91 Å². The van der Waals surface area contributed by atoms with Crippen LogP contribution in [0.15, 0.2) is 43.0 Å². The Bertz CT molecular complexity index is 1980. The molecule has 244 valence electrons. The third-order valence-corrected chi connectivity index (χ3v) is 10.8. The van der Waals surface area contributed by atoms with Crippen molar-refractivity contribution in [2.45, 2.75) is 43.0 Å². The van der Waals surface area contributed by atoms with Crippen LogP contribution in [-0.2, 0) is 36.7 Å². The summed E-state index contributed by atoms with van der Waals surface area (Å²) in [6.45, 7) is -5.74. The molecule has 46 heavy (non-hydrogen) atoms. The third kappa shape index (κ3) is 5.53. The predicted molar refractivity (Wildman–Crippen MR) is 162 cm³/mol. The van der Waals surface area contributed by atoms with Crippen molar-refractivity contribution in [3.8, 4) is 0 Å². The van der Waals surface area contributed by atoms with Crippen molar-refractivity contribution in [2.24, 2.45) is 5.73 Å². The first kappa shape index (κ1) is 31.6. The van der Waals surface area contributed by atoms with E-state index in [1.165, 1.54) is 28.0 Å². The van der Waals surface area contributed by atoms with Gasteiger partial charge in [-0.25, -0.2) is 33.2 Å². The zero-order chi connectivity index (χ0) is 32.5. The molecule has 3 fully saturated rings. The lowest BCUT2D eigenvalue weighted by molar-refractivity contribution is -0.0599. The molecule has 4 N–H and O–H groups in total. The van der Waals surface area contributed by atoms with Gasteiger partial charge >= 0.3 is 13.6 Å². The number of hydrogen-bond donors (Lipinski definition) is 4. The lowest BCUT2D eigenvalue weighted by Crippen LogP contribution is -2.33. The van der Waals surface area contributed by atoms with E-state index >= 15 is 4.39 Å². The van der Waals surface area contributed by atoms with Gasteiger partial charge in [-0.3, -0.25) is 27.5 Å². The number of nitrogen functional groups attached to an aromatic ring is 1. The van der Waals surface area contributed by atoms with Gasteiger partial charge in [-0.1, -0.05) is 42.4 Å². The van der Waals surface area contributed by atoms with Gasteiger partial charge in [0, 0.05) is 0 Å². The lowest BCUT2D eigenvalue weighted by atomic mass is 10.1. The van der Waals surface area contributed by atoms with Crippen LogP contribution in [0.2, 0.25) is 0 Å². The number of alkyl halides is 1. The molecule has 23 heteroatoms. The van der Waals surface area contributed by atoms with Crippen molar-refractivity contribution in [1.82, 2.24) is 34.5 Å². The number of amides is 1. The Hall–Kier alpha value is -2.97. The van der Waals surface area contributed by atoms with Gasteiger partial charge in [0.05, 0.1) is 30.6 Å².